The average Bonchev–Trinajstić information content (AvgIpc) is 2.77. The third-order valence-electron chi connectivity index (χ3n) is 2.87. The van der Waals surface area contributed by atoms with Crippen molar-refractivity contribution >= 4 is 11.8 Å². The maximum atomic E-state index is 8.95. The molecule has 0 bridgehead atoms. The van der Waals surface area contributed by atoms with Crippen molar-refractivity contribution in [3.05, 3.63) is 0 Å². The second-order valence-electron chi connectivity index (χ2n) is 4.15. The summed E-state index contributed by atoms with van der Waals surface area (Å²) in [5.41, 5.74) is -0.371. The Hall–Kier alpha value is -0.240. The van der Waals surface area contributed by atoms with Crippen molar-refractivity contribution in [2.45, 2.75) is 37.8 Å². The van der Waals surface area contributed by atoms with Gasteiger partial charge in [0.1, 0.15) is 5.54 Å². The zero-order chi connectivity index (χ0) is 11.1. The van der Waals surface area contributed by atoms with E-state index >= 15 is 0 Å². The summed E-state index contributed by atoms with van der Waals surface area (Å²) in [6.45, 7) is 2.87. The van der Waals surface area contributed by atoms with Gasteiger partial charge in [0.05, 0.1) is 12.2 Å². The molecule has 1 saturated heterocycles. The van der Waals surface area contributed by atoms with Crippen LogP contribution >= 0.6 is 11.8 Å². The smallest absolute Gasteiger partial charge is 0.104 e. The fourth-order valence-electron chi connectivity index (χ4n) is 1.50. The van der Waals surface area contributed by atoms with Gasteiger partial charge in [-0.1, -0.05) is 0 Å². The number of nitrogens with one attached hydrogen (secondary N) is 1. The van der Waals surface area contributed by atoms with Gasteiger partial charge in [0.25, 0.3) is 0 Å². The van der Waals surface area contributed by atoms with Crippen molar-refractivity contribution in [1.82, 2.24) is 5.32 Å². The summed E-state index contributed by atoms with van der Waals surface area (Å²) >= 11 is 1.89. The van der Waals surface area contributed by atoms with Crippen LogP contribution in [-0.2, 0) is 4.74 Å². The lowest BCUT2D eigenvalue weighted by Gasteiger charge is -2.20. The molecule has 0 saturated carbocycles. The Labute approximate surface area is 96.6 Å². The minimum Gasteiger partial charge on any atom is -0.377 e. The quantitative estimate of drug-likeness (QED) is 0.704. The van der Waals surface area contributed by atoms with Crippen LogP contribution in [0.3, 0.4) is 0 Å². The van der Waals surface area contributed by atoms with Gasteiger partial charge in [-0.15, -0.1) is 0 Å². The van der Waals surface area contributed by atoms with Crippen LogP contribution in [0.15, 0.2) is 0 Å². The van der Waals surface area contributed by atoms with Gasteiger partial charge in [0.15, 0.2) is 0 Å². The summed E-state index contributed by atoms with van der Waals surface area (Å²) in [6.07, 6.45) is 3.75. The highest BCUT2D eigenvalue weighted by atomic mass is 32.2. The Morgan fingerprint density at radius 2 is 2.47 bits per heavy atom. The molecule has 1 heterocycles. The molecule has 1 aliphatic heterocycles. The predicted molar refractivity (Wildman–Crippen MR) is 64.0 cm³/mol. The number of hydrogen-bond donors (Lipinski definition) is 1. The van der Waals surface area contributed by atoms with Gasteiger partial charge < -0.3 is 10.1 Å². The van der Waals surface area contributed by atoms with Gasteiger partial charge in [-0.3, -0.25) is 0 Å². The molecule has 15 heavy (non-hydrogen) atoms. The fraction of sp³-hybridized carbons (Fsp3) is 0.909. The largest absolute Gasteiger partial charge is 0.377 e. The van der Waals surface area contributed by atoms with Crippen LogP contribution in [0.4, 0.5) is 0 Å². The molecule has 0 aliphatic carbocycles. The molecule has 1 fully saturated rings. The van der Waals surface area contributed by atoms with E-state index in [-0.39, 0.29) is 5.54 Å². The number of hydrogen-bond acceptors (Lipinski definition) is 4. The van der Waals surface area contributed by atoms with Crippen molar-refractivity contribution in [1.29, 1.82) is 5.26 Å². The number of nitrogens with zero attached hydrogens (tertiary/aromatic N) is 1. The highest BCUT2D eigenvalue weighted by Crippen LogP contribution is 2.19. The molecule has 1 rings (SSSR count). The summed E-state index contributed by atoms with van der Waals surface area (Å²) in [6, 6.07) is 2.30. The maximum Gasteiger partial charge on any atom is 0.104 e. The van der Waals surface area contributed by atoms with Gasteiger partial charge in [-0.2, -0.15) is 17.0 Å². The van der Waals surface area contributed by atoms with Crippen LogP contribution in [0.25, 0.3) is 0 Å². The molecular weight excluding hydrogens is 208 g/mol. The van der Waals surface area contributed by atoms with E-state index in [1.54, 1.807) is 0 Å². The van der Waals surface area contributed by atoms with E-state index in [0.717, 1.165) is 24.5 Å². The number of ether oxygens (including phenoxy) is 1. The second kappa shape index (κ2) is 6.37. The molecule has 0 aromatic heterocycles. The van der Waals surface area contributed by atoms with Crippen LogP contribution in [0.1, 0.15) is 26.2 Å². The van der Waals surface area contributed by atoms with E-state index in [1.165, 1.54) is 12.8 Å². The third kappa shape index (κ3) is 4.42. The first kappa shape index (κ1) is 12.8. The van der Waals surface area contributed by atoms with E-state index in [9.17, 15) is 0 Å². The Bertz CT molecular complexity index is 223. The minimum absolute atomic E-state index is 0.371. The first-order valence-corrected chi connectivity index (χ1v) is 6.65. The second-order valence-corrected chi connectivity index (χ2v) is 5.30. The summed E-state index contributed by atoms with van der Waals surface area (Å²) in [7, 11) is 1.84. The molecule has 0 aromatic rings. The summed E-state index contributed by atoms with van der Waals surface area (Å²) in [4.78, 5) is 0. The Balaban J connectivity index is 2.08. The normalized spacial score (nSPS) is 24.7. The molecule has 2 atom stereocenters. The number of rotatable bonds is 6. The molecule has 4 heteroatoms. The predicted octanol–water partition coefficient (Wildman–Crippen LogP) is 1.79. The molecule has 1 aliphatic rings. The maximum absolute atomic E-state index is 8.95. The lowest BCUT2D eigenvalue weighted by Crippen LogP contribution is -2.38. The summed E-state index contributed by atoms with van der Waals surface area (Å²) in [5.74, 6) is 2.09. The van der Waals surface area contributed by atoms with Gasteiger partial charge in [0, 0.05) is 12.4 Å². The van der Waals surface area contributed by atoms with Gasteiger partial charge in [-0.05, 0) is 39.0 Å². The average molecular weight is 228 g/mol. The van der Waals surface area contributed by atoms with Gasteiger partial charge in [-0.25, -0.2) is 0 Å². The zero-order valence-electron chi connectivity index (χ0n) is 9.58. The van der Waals surface area contributed by atoms with E-state index in [1.807, 2.05) is 25.7 Å². The number of nitriles is 1. The standard InChI is InChI=1S/C11H20N2OS/c1-11(9-12,13-2)5-7-15-8-10-4-3-6-14-10/h10,13H,3-8H2,1-2H3. The lowest BCUT2D eigenvalue weighted by molar-refractivity contribution is 0.129. The lowest BCUT2D eigenvalue weighted by atomic mass is 10.0. The van der Waals surface area contributed by atoms with Crippen molar-refractivity contribution in [2.24, 2.45) is 0 Å². The monoisotopic (exact) mass is 228 g/mol. The summed E-state index contributed by atoms with van der Waals surface area (Å²) < 4.78 is 5.54. The molecule has 3 nitrogen and oxygen atoms in total. The topological polar surface area (TPSA) is 45.0 Å². The SMILES string of the molecule is CNC(C)(C#N)CCSCC1CCCO1. The molecule has 0 aromatic carbocycles. The molecule has 86 valence electrons. The molecule has 0 radical (unpaired) electrons. The highest BCUT2D eigenvalue weighted by molar-refractivity contribution is 7.99. The Morgan fingerprint density at radius 3 is 3.00 bits per heavy atom. The van der Waals surface area contributed by atoms with Crippen LogP contribution in [-0.4, -0.2) is 36.8 Å². The van der Waals surface area contributed by atoms with E-state index in [4.69, 9.17) is 10.00 Å². The Kier molecular flexibility index (Phi) is 5.44. The van der Waals surface area contributed by atoms with Crippen molar-refractivity contribution in [2.75, 3.05) is 25.2 Å². The summed E-state index contributed by atoms with van der Waals surface area (Å²) in [5, 5.41) is 12.0. The minimum atomic E-state index is -0.371. The number of thioether (sulfide) groups is 1. The first-order valence-electron chi connectivity index (χ1n) is 5.50. The molecule has 2 unspecified atom stereocenters. The van der Waals surface area contributed by atoms with Crippen molar-refractivity contribution < 1.29 is 4.74 Å². The Morgan fingerprint density at radius 1 is 1.67 bits per heavy atom. The molecular formula is C11H20N2OS. The van der Waals surface area contributed by atoms with E-state index < -0.39 is 0 Å². The molecule has 1 N–H and O–H groups in total. The van der Waals surface area contributed by atoms with E-state index in [0.29, 0.717) is 6.10 Å². The fourth-order valence-corrected chi connectivity index (χ4v) is 2.75. The van der Waals surface area contributed by atoms with Crippen LogP contribution in [0, 0.1) is 11.3 Å². The van der Waals surface area contributed by atoms with Crippen molar-refractivity contribution in [3.8, 4) is 6.07 Å². The first-order chi connectivity index (χ1) is 7.20. The molecule has 0 spiro atoms. The van der Waals surface area contributed by atoms with Gasteiger partial charge >= 0.3 is 0 Å². The highest BCUT2D eigenvalue weighted by Gasteiger charge is 2.21. The molecule has 0 amide bonds. The third-order valence-corrected chi connectivity index (χ3v) is 3.97. The zero-order valence-corrected chi connectivity index (χ0v) is 10.4. The van der Waals surface area contributed by atoms with E-state index in [2.05, 4.69) is 11.4 Å². The van der Waals surface area contributed by atoms with Crippen LogP contribution in [0.5, 0.6) is 0 Å². The van der Waals surface area contributed by atoms with Crippen LogP contribution in [0.2, 0.25) is 0 Å². The van der Waals surface area contributed by atoms with Crippen molar-refractivity contribution in [3.63, 3.8) is 0 Å². The van der Waals surface area contributed by atoms with Gasteiger partial charge in [0.2, 0.25) is 0 Å². The van der Waals surface area contributed by atoms with Crippen LogP contribution < -0.4 is 5.32 Å².